The molecule has 4 rings (SSSR count). The van der Waals surface area contributed by atoms with Gasteiger partial charge in [-0.25, -0.2) is 0 Å². The van der Waals surface area contributed by atoms with Gasteiger partial charge in [-0.15, -0.1) is 10.2 Å². The monoisotopic (exact) mass is 368 g/mol. The number of hydrogen-bond donors (Lipinski definition) is 0. The van der Waals surface area contributed by atoms with E-state index in [0.29, 0.717) is 24.7 Å². The van der Waals surface area contributed by atoms with Crippen LogP contribution >= 0.6 is 0 Å². The lowest BCUT2D eigenvalue weighted by Gasteiger charge is -2.20. The second-order valence-corrected chi connectivity index (χ2v) is 6.47. The fourth-order valence-electron chi connectivity index (χ4n) is 3.38. The van der Waals surface area contributed by atoms with Crippen molar-refractivity contribution in [3.05, 3.63) is 47.6 Å². The lowest BCUT2D eigenvalue weighted by molar-refractivity contribution is -0.145. The van der Waals surface area contributed by atoms with Gasteiger partial charge in [0.2, 0.25) is 11.8 Å². The highest BCUT2D eigenvalue weighted by molar-refractivity contribution is 5.73. The zero-order chi connectivity index (χ0) is 18.8. The number of carbonyl (C=O) groups excluding carboxylic acids is 1. The highest BCUT2D eigenvalue weighted by Gasteiger charge is 2.28. The third kappa shape index (κ3) is 3.42. The number of methoxy groups -OCH3 is 2. The van der Waals surface area contributed by atoms with Crippen molar-refractivity contribution in [1.82, 2.24) is 20.0 Å². The van der Waals surface area contributed by atoms with Crippen LogP contribution in [0.15, 0.2) is 34.9 Å². The van der Waals surface area contributed by atoms with Gasteiger partial charge >= 0.3 is 5.97 Å². The quantitative estimate of drug-likeness (QED) is 0.638. The molecule has 8 nitrogen and oxygen atoms in total. The van der Waals surface area contributed by atoms with Gasteiger partial charge in [-0.05, 0) is 36.6 Å². The topological polar surface area (TPSA) is 92.3 Å². The first-order valence-electron chi connectivity index (χ1n) is 8.76. The molecule has 0 bridgehead atoms. The molecule has 0 amide bonds. The molecule has 1 aromatic carbocycles. The molecule has 0 radical (unpaired) electrons. The molecule has 0 aliphatic heterocycles. The van der Waals surface area contributed by atoms with E-state index in [4.69, 9.17) is 13.9 Å². The van der Waals surface area contributed by atoms with Crippen LogP contribution in [-0.2, 0) is 28.9 Å². The van der Waals surface area contributed by atoms with E-state index in [1.165, 1.54) is 7.11 Å². The number of nitrogens with zero attached hydrogens (tertiary/aromatic N) is 4. The molecule has 1 atom stereocenters. The Bertz CT molecular complexity index is 962. The standard InChI is InChI=1S/C19H20N4O4/c1-25-15-5-3-4-12(8-15)18-22-21-17(27-18)11-23-16-9-13(19(24)26-2)6-7-14(16)10-20-23/h3-5,8,10,13H,6-7,9,11H2,1-2H3. The van der Waals surface area contributed by atoms with E-state index in [2.05, 4.69) is 15.3 Å². The second-order valence-electron chi connectivity index (χ2n) is 6.47. The van der Waals surface area contributed by atoms with Crippen LogP contribution in [0, 0.1) is 5.92 Å². The summed E-state index contributed by atoms with van der Waals surface area (Å²) >= 11 is 0. The second kappa shape index (κ2) is 7.22. The van der Waals surface area contributed by atoms with Gasteiger partial charge in [0.1, 0.15) is 12.3 Å². The Labute approximate surface area is 156 Å². The molecule has 2 heterocycles. The minimum absolute atomic E-state index is 0.132. The minimum Gasteiger partial charge on any atom is -0.497 e. The summed E-state index contributed by atoms with van der Waals surface area (Å²) in [7, 11) is 3.04. The summed E-state index contributed by atoms with van der Waals surface area (Å²) in [5.74, 6) is 1.30. The molecule has 1 aliphatic rings. The predicted molar refractivity (Wildman–Crippen MR) is 95.1 cm³/mol. The van der Waals surface area contributed by atoms with Gasteiger partial charge in [0.15, 0.2) is 0 Å². The van der Waals surface area contributed by atoms with E-state index in [1.807, 2.05) is 35.1 Å². The third-order valence-electron chi connectivity index (χ3n) is 4.84. The van der Waals surface area contributed by atoms with Crippen LogP contribution in [0.1, 0.15) is 23.6 Å². The van der Waals surface area contributed by atoms with Crippen LogP contribution in [0.25, 0.3) is 11.5 Å². The van der Waals surface area contributed by atoms with E-state index in [-0.39, 0.29) is 11.9 Å². The van der Waals surface area contributed by atoms with E-state index in [9.17, 15) is 4.79 Å². The first kappa shape index (κ1) is 17.3. The summed E-state index contributed by atoms with van der Waals surface area (Å²) in [5.41, 5.74) is 2.97. The zero-order valence-electron chi connectivity index (χ0n) is 15.2. The van der Waals surface area contributed by atoms with Gasteiger partial charge in [-0.1, -0.05) is 6.07 Å². The molecule has 3 aromatic rings. The number of benzene rings is 1. The van der Waals surface area contributed by atoms with Crippen molar-refractivity contribution < 1.29 is 18.7 Å². The molecule has 27 heavy (non-hydrogen) atoms. The first-order chi connectivity index (χ1) is 13.2. The van der Waals surface area contributed by atoms with Gasteiger partial charge < -0.3 is 13.9 Å². The highest BCUT2D eigenvalue weighted by Crippen LogP contribution is 2.27. The molecule has 0 fully saturated rings. The number of rotatable bonds is 5. The van der Waals surface area contributed by atoms with Crippen molar-refractivity contribution in [2.75, 3.05) is 14.2 Å². The smallest absolute Gasteiger partial charge is 0.309 e. The molecule has 8 heteroatoms. The lowest BCUT2D eigenvalue weighted by Crippen LogP contribution is -2.25. The van der Waals surface area contributed by atoms with Crippen molar-refractivity contribution in [1.29, 1.82) is 0 Å². The summed E-state index contributed by atoms with van der Waals surface area (Å²) < 4.78 is 17.7. The minimum atomic E-state index is -0.175. The highest BCUT2D eigenvalue weighted by atomic mass is 16.5. The van der Waals surface area contributed by atoms with E-state index in [0.717, 1.165) is 35.4 Å². The maximum atomic E-state index is 11.9. The Morgan fingerprint density at radius 1 is 1.33 bits per heavy atom. The summed E-state index contributed by atoms with van der Waals surface area (Å²) in [5, 5.41) is 12.7. The average Bonchev–Trinajstić information content (AvgIpc) is 3.35. The largest absolute Gasteiger partial charge is 0.497 e. The number of hydrogen-bond acceptors (Lipinski definition) is 7. The van der Waals surface area contributed by atoms with Crippen LogP contribution in [0.5, 0.6) is 5.75 Å². The maximum absolute atomic E-state index is 11.9. The molecule has 0 saturated heterocycles. The van der Waals surface area contributed by atoms with Gasteiger partial charge in [-0.2, -0.15) is 5.10 Å². The first-order valence-corrected chi connectivity index (χ1v) is 8.76. The lowest BCUT2D eigenvalue weighted by atomic mass is 9.88. The van der Waals surface area contributed by atoms with Crippen molar-refractivity contribution in [3.63, 3.8) is 0 Å². The van der Waals surface area contributed by atoms with Gasteiger partial charge in [-0.3, -0.25) is 9.48 Å². The molecule has 140 valence electrons. The van der Waals surface area contributed by atoms with Crippen molar-refractivity contribution in [2.24, 2.45) is 5.92 Å². The summed E-state index contributed by atoms with van der Waals surface area (Å²) in [6.07, 6.45) is 4.06. The molecule has 0 spiro atoms. The number of aryl methyl sites for hydroxylation is 1. The third-order valence-corrected chi connectivity index (χ3v) is 4.84. The van der Waals surface area contributed by atoms with Crippen LogP contribution in [0.2, 0.25) is 0 Å². The molecular weight excluding hydrogens is 348 g/mol. The molecular formula is C19H20N4O4. The van der Waals surface area contributed by atoms with Crippen molar-refractivity contribution >= 4 is 5.97 Å². The average molecular weight is 368 g/mol. The number of ether oxygens (including phenoxy) is 2. The van der Waals surface area contributed by atoms with Crippen molar-refractivity contribution in [2.45, 2.75) is 25.8 Å². The predicted octanol–water partition coefficient (Wildman–Crippen LogP) is 2.27. The zero-order valence-corrected chi connectivity index (χ0v) is 15.2. The Kier molecular flexibility index (Phi) is 4.62. The van der Waals surface area contributed by atoms with Gasteiger partial charge in [0.05, 0.1) is 26.3 Å². The molecule has 0 saturated carbocycles. The van der Waals surface area contributed by atoms with E-state index in [1.54, 1.807) is 7.11 Å². The van der Waals surface area contributed by atoms with Crippen LogP contribution in [0.4, 0.5) is 0 Å². The Morgan fingerprint density at radius 3 is 3.04 bits per heavy atom. The van der Waals surface area contributed by atoms with Gasteiger partial charge in [0.25, 0.3) is 0 Å². The summed E-state index contributed by atoms with van der Waals surface area (Å²) in [4.78, 5) is 11.9. The summed E-state index contributed by atoms with van der Waals surface area (Å²) in [6, 6.07) is 7.45. The number of carbonyl (C=O) groups is 1. The fraction of sp³-hybridized carbons (Fsp3) is 0.368. The normalized spacial score (nSPS) is 16.0. The number of aromatic nitrogens is 4. The SMILES string of the molecule is COC(=O)C1CCc2cnn(Cc3nnc(-c4cccc(OC)c4)o3)c2C1. The number of esters is 1. The maximum Gasteiger partial charge on any atom is 0.309 e. The Morgan fingerprint density at radius 2 is 2.22 bits per heavy atom. The number of fused-ring (bicyclic) bond motifs is 1. The fourth-order valence-corrected chi connectivity index (χ4v) is 3.38. The molecule has 1 unspecified atom stereocenters. The van der Waals surface area contributed by atoms with Crippen LogP contribution < -0.4 is 4.74 Å². The summed E-state index contributed by atoms with van der Waals surface area (Å²) in [6.45, 7) is 0.361. The van der Waals surface area contributed by atoms with Crippen molar-refractivity contribution in [3.8, 4) is 17.2 Å². The molecule has 1 aliphatic carbocycles. The molecule has 0 N–H and O–H groups in total. The van der Waals surface area contributed by atoms with Crippen LogP contribution in [-0.4, -0.2) is 40.2 Å². The van der Waals surface area contributed by atoms with Crippen LogP contribution in [0.3, 0.4) is 0 Å². The molecule has 2 aromatic heterocycles. The van der Waals surface area contributed by atoms with E-state index >= 15 is 0 Å². The Balaban J connectivity index is 1.54. The Hall–Kier alpha value is -3.16. The van der Waals surface area contributed by atoms with Gasteiger partial charge in [0, 0.05) is 17.7 Å². The van der Waals surface area contributed by atoms with E-state index < -0.39 is 0 Å².